The molecule has 2 aliphatic rings. The molecule has 2 atom stereocenters. The summed E-state index contributed by atoms with van der Waals surface area (Å²) in [6, 6.07) is 14.5. The van der Waals surface area contributed by atoms with Crippen LogP contribution in [0.15, 0.2) is 59.6 Å². The number of halogens is 1. The van der Waals surface area contributed by atoms with Crippen LogP contribution in [0, 0.1) is 25.6 Å². The third-order valence-corrected chi connectivity index (χ3v) is 11.8. The van der Waals surface area contributed by atoms with Crippen molar-refractivity contribution in [3.8, 4) is 0 Å². The lowest BCUT2D eigenvalue weighted by Crippen LogP contribution is -2.40. The van der Waals surface area contributed by atoms with Crippen molar-refractivity contribution in [2.75, 3.05) is 13.1 Å². The Morgan fingerprint density at radius 3 is 2.05 bits per heavy atom. The molecule has 0 amide bonds. The molecule has 2 nitrogen and oxygen atoms in total. The molecule has 0 saturated carbocycles. The van der Waals surface area contributed by atoms with E-state index in [9.17, 15) is 0 Å². The van der Waals surface area contributed by atoms with E-state index in [0.29, 0.717) is 6.04 Å². The maximum atomic E-state index is 15.2. The standard InChI is InChI=1S/C31H43FN2S.C7H16.C2H6/c1-23-10-15-28(16-11-23)35(5,6)34-27(14-13-26(4)33-20-18-24(2)19-21-33)8-7-9-31(34)29-22-25(3)12-17-30(29)32;1-3-5-7-6-4-2;1-2/h10-12,15-17,22,24,27,31H,4-9,13-14,18-21H2,1-3H3;3-7H2,1-2H3;1-2H3/t27-,31+;;/m1../s1. The largest absolute Gasteiger partial charge is 0.375 e. The van der Waals surface area contributed by atoms with Crippen molar-refractivity contribution in [1.82, 2.24) is 9.21 Å². The summed E-state index contributed by atoms with van der Waals surface area (Å²) in [5.74, 6) is 10.2. The first kappa shape index (κ1) is 38.1. The van der Waals surface area contributed by atoms with Gasteiger partial charge in [-0.3, -0.25) is 0 Å². The molecule has 2 aliphatic heterocycles. The molecule has 0 N–H and O–H groups in total. The van der Waals surface area contributed by atoms with E-state index in [1.165, 1.54) is 56.2 Å². The van der Waals surface area contributed by atoms with Gasteiger partial charge in [-0.2, -0.15) is 0 Å². The Morgan fingerprint density at radius 1 is 0.864 bits per heavy atom. The van der Waals surface area contributed by atoms with Crippen LogP contribution in [0.1, 0.15) is 134 Å². The molecule has 0 unspecified atom stereocenters. The average molecular weight is 625 g/mol. The van der Waals surface area contributed by atoms with E-state index >= 15 is 4.39 Å². The van der Waals surface area contributed by atoms with Gasteiger partial charge in [-0.1, -0.05) is 120 Å². The van der Waals surface area contributed by atoms with Crippen molar-refractivity contribution >= 4 is 21.1 Å². The normalized spacial score (nSPS) is 19.4. The molecule has 2 fully saturated rings. The fourth-order valence-electron chi connectivity index (χ4n) is 6.47. The summed E-state index contributed by atoms with van der Waals surface area (Å²) < 4.78 is 17.7. The van der Waals surface area contributed by atoms with Gasteiger partial charge in [0, 0.05) is 41.3 Å². The fraction of sp³-hybridized carbons (Fsp3) is 0.600. The second-order valence-electron chi connectivity index (χ2n) is 13.0. The van der Waals surface area contributed by atoms with Gasteiger partial charge in [0.2, 0.25) is 0 Å². The van der Waals surface area contributed by atoms with Gasteiger partial charge >= 0.3 is 0 Å². The van der Waals surface area contributed by atoms with Gasteiger partial charge in [0.25, 0.3) is 0 Å². The first-order valence-corrected chi connectivity index (χ1v) is 19.5. The molecule has 0 radical (unpaired) electrons. The van der Waals surface area contributed by atoms with Crippen LogP contribution in [0.3, 0.4) is 0 Å². The van der Waals surface area contributed by atoms with Gasteiger partial charge in [-0.05, 0) is 82.9 Å². The summed E-state index contributed by atoms with van der Waals surface area (Å²) in [5.41, 5.74) is 4.38. The minimum atomic E-state index is -1.81. The molecular formula is C40H65FN2S. The zero-order valence-electron chi connectivity index (χ0n) is 29.5. The zero-order valence-corrected chi connectivity index (χ0v) is 30.3. The van der Waals surface area contributed by atoms with Crippen LogP contribution in [-0.2, 0) is 0 Å². The Labute approximate surface area is 272 Å². The Kier molecular flexibility index (Phi) is 16.9. The molecule has 0 aliphatic carbocycles. The zero-order chi connectivity index (χ0) is 32.7. The van der Waals surface area contributed by atoms with Gasteiger partial charge in [0.15, 0.2) is 0 Å². The fourth-order valence-corrected chi connectivity index (χ4v) is 8.85. The van der Waals surface area contributed by atoms with Crippen molar-refractivity contribution < 1.29 is 4.39 Å². The van der Waals surface area contributed by atoms with Crippen LogP contribution < -0.4 is 0 Å². The number of nitrogens with zero attached hydrogens (tertiary/aromatic N) is 2. The topological polar surface area (TPSA) is 6.48 Å². The molecule has 2 saturated heterocycles. The van der Waals surface area contributed by atoms with Crippen molar-refractivity contribution in [1.29, 1.82) is 0 Å². The minimum absolute atomic E-state index is 0.0101. The van der Waals surface area contributed by atoms with Gasteiger partial charge in [-0.25, -0.2) is 8.70 Å². The van der Waals surface area contributed by atoms with E-state index in [1.807, 2.05) is 32.9 Å². The number of rotatable bonds is 11. The number of aryl methyl sites for hydroxylation is 2. The van der Waals surface area contributed by atoms with Crippen LogP contribution in [-0.4, -0.2) is 40.1 Å². The number of hydrogen-bond acceptors (Lipinski definition) is 2. The van der Waals surface area contributed by atoms with E-state index in [2.05, 4.69) is 67.7 Å². The third-order valence-electron chi connectivity index (χ3n) is 9.26. The van der Waals surface area contributed by atoms with E-state index in [1.54, 1.807) is 6.07 Å². The number of unbranched alkanes of at least 4 members (excludes halogenated alkanes) is 4. The van der Waals surface area contributed by atoms with Crippen LogP contribution in [0.2, 0.25) is 0 Å². The molecule has 0 spiro atoms. The van der Waals surface area contributed by atoms with E-state index in [-0.39, 0.29) is 11.9 Å². The first-order valence-electron chi connectivity index (χ1n) is 17.6. The van der Waals surface area contributed by atoms with E-state index < -0.39 is 9.39 Å². The number of hydrogen-bond donors (Lipinski definition) is 0. The molecule has 2 heterocycles. The molecule has 0 bridgehead atoms. The molecule has 4 rings (SSSR count). The Hall–Kier alpha value is -2.04. The van der Waals surface area contributed by atoms with Gasteiger partial charge < -0.3 is 4.90 Å². The van der Waals surface area contributed by atoms with Crippen LogP contribution >= 0.6 is 9.39 Å². The number of benzene rings is 2. The summed E-state index contributed by atoms with van der Waals surface area (Å²) in [4.78, 5) is 3.65. The summed E-state index contributed by atoms with van der Waals surface area (Å²) >= 11 is 0. The summed E-state index contributed by atoms with van der Waals surface area (Å²) in [6.07, 6.45) is 14.6. The summed E-state index contributed by atoms with van der Waals surface area (Å²) in [6.45, 7) is 21.7. The van der Waals surface area contributed by atoms with Crippen LogP contribution in [0.25, 0.3) is 0 Å². The minimum Gasteiger partial charge on any atom is -0.375 e. The molecule has 44 heavy (non-hydrogen) atoms. The van der Waals surface area contributed by atoms with Crippen molar-refractivity contribution in [3.05, 3.63) is 77.2 Å². The SMILES string of the molecule is C=C(CC[C@H]1CCC[C@@H](c2cc(C)ccc2F)N1S(=C)(=C)c1ccc(C)cc1)N1CCC(C)CC1.CC.CCCCCCC. The quantitative estimate of drug-likeness (QED) is 0.181. The lowest BCUT2D eigenvalue weighted by atomic mass is 9.90. The second-order valence-corrected chi connectivity index (χ2v) is 15.6. The molecule has 248 valence electrons. The number of likely N-dealkylation sites (tertiary alicyclic amines) is 1. The smallest absolute Gasteiger partial charge is 0.128 e. The van der Waals surface area contributed by atoms with Gasteiger partial charge in [-0.15, -0.1) is 9.39 Å². The van der Waals surface area contributed by atoms with E-state index in [4.69, 9.17) is 11.7 Å². The van der Waals surface area contributed by atoms with Crippen molar-refractivity contribution in [2.45, 2.75) is 142 Å². The maximum absolute atomic E-state index is 15.2. The van der Waals surface area contributed by atoms with Crippen molar-refractivity contribution in [2.24, 2.45) is 5.92 Å². The highest BCUT2D eigenvalue weighted by Gasteiger charge is 2.36. The predicted molar refractivity (Wildman–Crippen MR) is 199 cm³/mol. The third kappa shape index (κ3) is 11.1. The lowest BCUT2D eigenvalue weighted by Gasteiger charge is -2.47. The summed E-state index contributed by atoms with van der Waals surface area (Å²) in [7, 11) is -1.81. The average Bonchev–Trinajstić information content (AvgIpc) is 3.03. The Bertz CT molecular complexity index is 1200. The van der Waals surface area contributed by atoms with E-state index in [0.717, 1.165) is 67.1 Å². The second kappa shape index (κ2) is 19.5. The predicted octanol–water partition coefficient (Wildman–Crippen LogP) is 12.0. The highest BCUT2D eigenvalue weighted by atomic mass is 32.2. The lowest BCUT2D eigenvalue weighted by molar-refractivity contribution is 0.176. The van der Waals surface area contributed by atoms with Crippen molar-refractivity contribution in [3.63, 3.8) is 0 Å². The highest BCUT2D eigenvalue weighted by Crippen LogP contribution is 2.50. The maximum Gasteiger partial charge on any atom is 0.128 e. The Morgan fingerprint density at radius 2 is 1.45 bits per heavy atom. The summed E-state index contributed by atoms with van der Waals surface area (Å²) in [5, 5.41) is 0. The molecule has 0 aromatic heterocycles. The van der Waals surface area contributed by atoms with Crippen LogP contribution in [0.5, 0.6) is 0 Å². The first-order chi connectivity index (χ1) is 21.1. The van der Waals surface area contributed by atoms with Gasteiger partial charge in [0.1, 0.15) is 5.82 Å². The monoisotopic (exact) mass is 624 g/mol. The molecule has 2 aromatic rings. The van der Waals surface area contributed by atoms with Crippen LogP contribution in [0.4, 0.5) is 4.39 Å². The van der Waals surface area contributed by atoms with Gasteiger partial charge in [0.05, 0.1) is 0 Å². The molecule has 4 heteroatoms. The molecular weight excluding hydrogens is 560 g/mol. The highest BCUT2D eigenvalue weighted by molar-refractivity contribution is 8.25. The number of piperidine rings is 2. The molecule has 2 aromatic carbocycles. The number of allylic oxidation sites excluding steroid dienone is 1. The Balaban J connectivity index is 0.000000661.